The summed E-state index contributed by atoms with van der Waals surface area (Å²) in [6.07, 6.45) is -0.483. The number of aliphatic carboxylic acids is 1. The van der Waals surface area contributed by atoms with Crippen molar-refractivity contribution in [1.82, 2.24) is 4.90 Å². The maximum atomic E-state index is 13.0. The molecule has 0 aromatic heterocycles. The maximum Gasteiger partial charge on any atom is 0.308 e. The summed E-state index contributed by atoms with van der Waals surface area (Å²) in [5.74, 6) is -5.43. The first-order valence-electron chi connectivity index (χ1n) is 6.16. The number of nitrogens with zero attached hydrogens (tertiary/aromatic N) is 1. The number of alkyl halides is 2. The van der Waals surface area contributed by atoms with Gasteiger partial charge in [-0.25, -0.2) is 8.78 Å². The second-order valence-corrected chi connectivity index (χ2v) is 4.91. The number of rotatable bonds is 5. The standard InChI is InChI=1S/C12H19F2NO3/c1-3-15(7-8(2)11(17)18)10(16)9-4-5-12(13,14)6-9/h8-9H,3-7H2,1-2H3,(H,17,18). The summed E-state index contributed by atoms with van der Waals surface area (Å²) in [6, 6.07) is 0. The lowest BCUT2D eigenvalue weighted by molar-refractivity contribution is -0.144. The molecule has 0 saturated heterocycles. The molecule has 6 heteroatoms. The van der Waals surface area contributed by atoms with E-state index in [-0.39, 0.29) is 25.3 Å². The first-order valence-corrected chi connectivity index (χ1v) is 6.16. The van der Waals surface area contributed by atoms with Crippen molar-refractivity contribution in [2.75, 3.05) is 13.1 Å². The third-order valence-electron chi connectivity index (χ3n) is 3.36. The van der Waals surface area contributed by atoms with Crippen LogP contribution in [0.25, 0.3) is 0 Å². The first kappa shape index (κ1) is 14.9. The average molecular weight is 263 g/mol. The number of carboxylic acids is 1. The van der Waals surface area contributed by atoms with Crippen LogP contribution in [-0.2, 0) is 9.59 Å². The predicted molar refractivity (Wildman–Crippen MR) is 61.3 cm³/mol. The number of carbonyl (C=O) groups excluding carboxylic acids is 1. The molecule has 2 atom stereocenters. The summed E-state index contributed by atoms with van der Waals surface area (Å²) < 4.78 is 26.1. The van der Waals surface area contributed by atoms with Gasteiger partial charge >= 0.3 is 5.97 Å². The fourth-order valence-corrected chi connectivity index (χ4v) is 2.20. The molecule has 1 N–H and O–H groups in total. The van der Waals surface area contributed by atoms with E-state index in [1.165, 1.54) is 11.8 Å². The molecule has 1 amide bonds. The van der Waals surface area contributed by atoms with Crippen LogP contribution in [0, 0.1) is 11.8 Å². The van der Waals surface area contributed by atoms with Crippen LogP contribution in [0.5, 0.6) is 0 Å². The van der Waals surface area contributed by atoms with E-state index in [9.17, 15) is 18.4 Å². The smallest absolute Gasteiger partial charge is 0.308 e. The van der Waals surface area contributed by atoms with E-state index in [1.54, 1.807) is 6.92 Å². The highest BCUT2D eigenvalue weighted by Gasteiger charge is 2.43. The van der Waals surface area contributed by atoms with Crippen LogP contribution >= 0.6 is 0 Å². The van der Waals surface area contributed by atoms with Gasteiger partial charge in [-0.3, -0.25) is 9.59 Å². The van der Waals surface area contributed by atoms with E-state index < -0.39 is 30.1 Å². The Kier molecular flexibility index (Phi) is 4.65. The van der Waals surface area contributed by atoms with Gasteiger partial charge in [0.25, 0.3) is 0 Å². The molecule has 1 aliphatic carbocycles. The molecule has 18 heavy (non-hydrogen) atoms. The molecule has 4 nitrogen and oxygen atoms in total. The van der Waals surface area contributed by atoms with Gasteiger partial charge < -0.3 is 10.0 Å². The van der Waals surface area contributed by atoms with Gasteiger partial charge in [-0.15, -0.1) is 0 Å². The van der Waals surface area contributed by atoms with Gasteiger partial charge in [0.1, 0.15) is 0 Å². The van der Waals surface area contributed by atoms with Gasteiger partial charge in [-0.1, -0.05) is 6.92 Å². The summed E-state index contributed by atoms with van der Waals surface area (Å²) in [5, 5.41) is 8.80. The summed E-state index contributed by atoms with van der Waals surface area (Å²) >= 11 is 0. The molecule has 1 saturated carbocycles. The molecule has 0 radical (unpaired) electrons. The molecule has 2 unspecified atom stereocenters. The molecule has 1 rings (SSSR count). The molecule has 104 valence electrons. The Labute approximate surface area is 105 Å². The Hall–Kier alpha value is -1.20. The second kappa shape index (κ2) is 5.63. The van der Waals surface area contributed by atoms with Crippen molar-refractivity contribution in [3.63, 3.8) is 0 Å². The summed E-state index contributed by atoms with van der Waals surface area (Å²) in [6.45, 7) is 3.65. The number of hydrogen-bond donors (Lipinski definition) is 1. The molecule has 0 spiro atoms. The van der Waals surface area contributed by atoms with Crippen LogP contribution < -0.4 is 0 Å². The van der Waals surface area contributed by atoms with E-state index in [1.807, 2.05) is 0 Å². The van der Waals surface area contributed by atoms with Crippen molar-refractivity contribution in [1.29, 1.82) is 0 Å². The fourth-order valence-electron chi connectivity index (χ4n) is 2.20. The van der Waals surface area contributed by atoms with Crippen molar-refractivity contribution in [2.24, 2.45) is 11.8 Å². The van der Waals surface area contributed by atoms with Crippen molar-refractivity contribution >= 4 is 11.9 Å². The van der Waals surface area contributed by atoms with Crippen LogP contribution in [0.2, 0.25) is 0 Å². The second-order valence-electron chi connectivity index (χ2n) is 4.91. The minimum Gasteiger partial charge on any atom is -0.481 e. The van der Waals surface area contributed by atoms with Gasteiger partial charge in [0.2, 0.25) is 11.8 Å². The number of amides is 1. The van der Waals surface area contributed by atoms with E-state index in [0.717, 1.165) is 0 Å². The van der Waals surface area contributed by atoms with Gasteiger partial charge in [-0.05, 0) is 13.3 Å². The highest BCUT2D eigenvalue weighted by molar-refractivity contribution is 5.80. The molecular weight excluding hydrogens is 244 g/mol. The van der Waals surface area contributed by atoms with Gasteiger partial charge in [0.15, 0.2) is 0 Å². The minimum atomic E-state index is -2.75. The van der Waals surface area contributed by atoms with Crippen molar-refractivity contribution < 1.29 is 23.5 Å². The molecule has 1 aliphatic rings. The van der Waals surface area contributed by atoms with Crippen LogP contribution in [0.3, 0.4) is 0 Å². The zero-order valence-corrected chi connectivity index (χ0v) is 10.7. The number of carboxylic acid groups (broad SMARTS) is 1. The summed E-state index contributed by atoms with van der Waals surface area (Å²) in [4.78, 5) is 24.1. The highest BCUT2D eigenvalue weighted by atomic mass is 19.3. The Balaban J connectivity index is 2.60. The number of halogens is 2. The lowest BCUT2D eigenvalue weighted by atomic mass is 10.0. The minimum absolute atomic E-state index is 0.0761. The van der Waals surface area contributed by atoms with E-state index >= 15 is 0 Å². The molecule has 1 fully saturated rings. The average Bonchev–Trinajstić information content (AvgIpc) is 2.65. The zero-order valence-electron chi connectivity index (χ0n) is 10.7. The molecule has 0 aliphatic heterocycles. The third-order valence-corrected chi connectivity index (χ3v) is 3.36. The molecule has 0 aromatic rings. The molecule has 0 heterocycles. The van der Waals surface area contributed by atoms with Crippen LogP contribution in [0.15, 0.2) is 0 Å². The number of carbonyl (C=O) groups is 2. The predicted octanol–water partition coefficient (Wildman–Crippen LogP) is 1.99. The number of hydrogen-bond acceptors (Lipinski definition) is 2. The van der Waals surface area contributed by atoms with Gasteiger partial charge in [0.05, 0.1) is 5.92 Å². The van der Waals surface area contributed by atoms with E-state index in [4.69, 9.17) is 5.11 Å². The first-order chi connectivity index (χ1) is 8.26. The normalized spacial score (nSPS) is 23.7. The maximum absolute atomic E-state index is 13.0. The topological polar surface area (TPSA) is 57.6 Å². The third kappa shape index (κ3) is 3.65. The summed E-state index contributed by atoms with van der Waals surface area (Å²) in [7, 11) is 0. The van der Waals surface area contributed by atoms with E-state index in [2.05, 4.69) is 0 Å². The fraction of sp³-hybridized carbons (Fsp3) is 0.833. The molecular formula is C12H19F2NO3. The van der Waals surface area contributed by atoms with Crippen LogP contribution in [0.1, 0.15) is 33.1 Å². The van der Waals surface area contributed by atoms with Gasteiger partial charge in [0, 0.05) is 31.8 Å². The van der Waals surface area contributed by atoms with Crippen molar-refractivity contribution in [3.8, 4) is 0 Å². The van der Waals surface area contributed by atoms with E-state index in [0.29, 0.717) is 6.54 Å². The lowest BCUT2D eigenvalue weighted by Crippen LogP contribution is -2.40. The SMILES string of the molecule is CCN(CC(C)C(=O)O)C(=O)C1CCC(F)(F)C1. The van der Waals surface area contributed by atoms with Crippen molar-refractivity contribution in [2.45, 2.75) is 39.0 Å². The molecule has 0 aromatic carbocycles. The Bertz CT molecular complexity index is 333. The largest absolute Gasteiger partial charge is 0.481 e. The van der Waals surface area contributed by atoms with Gasteiger partial charge in [-0.2, -0.15) is 0 Å². The highest BCUT2D eigenvalue weighted by Crippen LogP contribution is 2.39. The van der Waals surface area contributed by atoms with Crippen molar-refractivity contribution in [3.05, 3.63) is 0 Å². The monoisotopic (exact) mass is 263 g/mol. The van der Waals surface area contributed by atoms with Crippen LogP contribution in [0.4, 0.5) is 8.78 Å². The lowest BCUT2D eigenvalue weighted by Gasteiger charge is -2.25. The molecule has 0 bridgehead atoms. The summed E-state index contributed by atoms with van der Waals surface area (Å²) in [5.41, 5.74) is 0. The Morgan fingerprint density at radius 2 is 2.11 bits per heavy atom. The quantitative estimate of drug-likeness (QED) is 0.825. The Morgan fingerprint density at radius 1 is 1.50 bits per heavy atom. The zero-order chi connectivity index (χ0) is 13.9. The Morgan fingerprint density at radius 3 is 2.50 bits per heavy atom. The van der Waals surface area contributed by atoms with Crippen LogP contribution in [-0.4, -0.2) is 40.9 Å².